The smallest absolute Gasteiger partial charge is 0.338 e. The van der Waals surface area contributed by atoms with Crippen LogP contribution in [-0.2, 0) is 4.74 Å². The summed E-state index contributed by atoms with van der Waals surface area (Å²) in [6.07, 6.45) is 4.56. The lowest BCUT2D eigenvalue weighted by atomic mass is 10.0. The van der Waals surface area contributed by atoms with E-state index in [1.54, 1.807) is 0 Å². The number of nitrogens with zero attached hydrogens (tertiary/aromatic N) is 1. The van der Waals surface area contributed by atoms with Crippen molar-refractivity contribution in [3.05, 3.63) is 28.2 Å². The van der Waals surface area contributed by atoms with Gasteiger partial charge in [0.1, 0.15) is 0 Å². The fraction of sp³-hybridized carbons (Fsp3) is 0.588. The highest BCUT2D eigenvalue weighted by Gasteiger charge is 2.13. The van der Waals surface area contributed by atoms with Crippen LogP contribution < -0.4 is 4.90 Å². The van der Waals surface area contributed by atoms with Gasteiger partial charge in [-0.2, -0.15) is 0 Å². The molecule has 0 saturated carbocycles. The van der Waals surface area contributed by atoms with Crippen LogP contribution in [-0.4, -0.2) is 26.7 Å². The highest BCUT2D eigenvalue weighted by atomic mass is 79.9. The second kappa shape index (κ2) is 9.08. The number of hydrogen-bond donors (Lipinski definition) is 0. The maximum Gasteiger partial charge on any atom is 0.338 e. The van der Waals surface area contributed by atoms with E-state index in [9.17, 15) is 4.79 Å². The van der Waals surface area contributed by atoms with Crippen molar-refractivity contribution in [3.8, 4) is 0 Å². The molecule has 0 N–H and O–H groups in total. The van der Waals surface area contributed by atoms with Gasteiger partial charge in [-0.25, -0.2) is 4.79 Å². The summed E-state index contributed by atoms with van der Waals surface area (Å²) >= 11 is 3.49. The molecule has 0 spiro atoms. The molecule has 3 nitrogen and oxygen atoms in total. The summed E-state index contributed by atoms with van der Waals surface area (Å²) in [6.45, 7) is 4.85. The predicted molar refractivity (Wildman–Crippen MR) is 92.1 cm³/mol. The number of anilines is 1. The Morgan fingerprint density at radius 3 is 2.57 bits per heavy atom. The first kappa shape index (κ1) is 18.0. The maximum atomic E-state index is 12.1. The third kappa shape index (κ3) is 5.70. The van der Waals surface area contributed by atoms with Crippen molar-refractivity contribution in [1.82, 2.24) is 0 Å². The van der Waals surface area contributed by atoms with Gasteiger partial charge in [0.2, 0.25) is 0 Å². The van der Waals surface area contributed by atoms with Crippen LogP contribution >= 0.6 is 15.9 Å². The predicted octanol–water partition coefficient (Wildman–Crippen LogP) is 4.89. The minimum atomic E-state index is -0.240. The molecule has 1 rings (SSSR count). The van der Waals surface area contributed by atoms with E-state index >= 15 is 0 Å². The molecule has 4 heteroatoms. The van der Waals surface area contributed by atoms with Crippen molar-refractivity contribution < 1.29 is 9.53 Å². The molecule has 0 aliphatic rings. The van der Waals surface area contributed by atoms with E-state index in [2.05, 4.69) is 29.8 Å². The van der Waals surface area contributed by atoms with Crippen molar-refractivity contribution in [3.63, 3.8) is 0 Å². The number of rotatable bonds is 8. The monoisotopic (exact) mass is 355 g/mol. The zero-order valence-corrected chi connectivity index (χ0v) is 15.1. The van der Waals surface area contributed by atoms with Crippen molar-refractivity contribution in [1.29, 1.82) is 0 Å². The van der Waals surface area contributed by atoms with E-state index < -0.39 is 0 Å². The Morgan fingerprint density at radius 2 is 2.05 bits per heavy atom. The van der Waals surface area contributed by atoms with Gasteiger partial charge in [-0.1, -0.05) is 33.1 Å². The standard InChI is InChI=1S/C17H26BrNO2/c1-5-7-8-13(6-2)12-21-17(20)14-9-10-16(19(3)4)15(18)11-14/h9-11,13H,5-8,12H2,1-4H3. The molecule has 0 heterocycles. The van der Waals surface area contributed by atoms with E-state index in [1.165, 1.54) is 12.8 Å². The number of hydrogen-bond acceptors (Lipinski definition) is 3. The average molecular weight is 356 g/mol. The largest absolute Gasteiger partial charge is 0.462 e. The van der Waals surface area contributed by atoms with Crippen LogP contribution in [0.5, 0.6) is 0 Å². The summed E-state index contributed by atoms with van der Waals surface area (Å²) in [5.74, 6) is 0.231. The van der Waals surface area contributed by atoms with Gasteiger partial charge in [0.25, 0.3) is 0 Å². The minimum absolute atomic E-state index is 0.240. The Hall–Kier alpha value is -1.03. The molecule has 0 saturated heterocycles. The molecule has 0 bridgehead atoms. The number of carbonyl (C=O) groups excluding carboxylic acids is 1. The second-order valence-corrected chi connectivity index (χ2v) is 6.43. The van der Waals surface area contributed by atoms with Crippen LogP contribution in [0.25, 0.3) is 0 Å². The van der Waals surface area contributed by atoms with Gasteiger partial charge in [-0.3, -0.25) is 0 Å². The SMILES string of the molecule is CCCCC(CC)COC(=O)c1ccc(N(C)C)c(Br)c1. The van der Waals surface area contributed by atoms with Crippen molar-refractivity contribution >= 4 is 27.6 Å². The molecule has 1 atom stereocenters. The summed E-state index contributed by atoms with van der Waals surface area (Å²) < 4.78 is 6.36. The third-order valence-electron chi connectivity index (χ3n) is 3.66. The number of halogens is 1. The topological polar surface area (TPSA) is 29.5 Å². The van der Waals surface area contributed by atoms with Gasteiger partial charge >= 0.3 is 5.97 Å². The van der Waals surface area contributed by atoms with Gasteiger partial charge in [-0.05, 0) is 46.5 Å². The summed E-state index contributed by atoms with van der Waals surface area (Å²) in [6, 6.07) is 5.56. The lowest BCUT2D eigenvalue weighted by Crippen LogP contribution is -2.15. The Kier molecular flexibility index (Phi) is 7.79. The Balaban J connectivity index is 2.61. The normalized spacial score (nSPS) is 12.0. The lowest BCUT2D eigenvalue weighted by Gasteiger charge is -2.16. The fourth-order valence-corrected chi connectivity index (χ4v) is 2.90. The molecule has 0 radical (unpaired) electrons. The van der Waals surface area contributed by atoms with Crippen LogP contribution in [0.1, 0.15) is 49.9 Å². The van der Waals surface area contributed by atoms with Crippen LogP contribution in [0.15, 0.2) is 22.7 Å². The molecule has 1 aromatic rings. The van der Waals surface area contributed by atoms with E-state index in [0.717, 1.165) is 23.0 Å². The fourth-order valence-electron chi connectivity index (χ4n) is 2.17. The van der Waals surface area contributed by atoms with Crippen LogP contribution in [0.4, 0.5) is 5.69 Å². The minimum Gasteiger partial charge on any atom is -0.462 e. The first-order valence-electron chi connectivity index (χ1n) is 7.63. The van der Waals surface area contributed by atoms with Gasteiger partial charge in [-0.15, -0.1) is 0 Å². The first-order chi connectivity index (χ1) is 9.99. The van der Waals surface area contributed by atoms with Crippen LogP contribution in [0.2, 0.25) is 0 Å². The van der Waals surface area contributed by atoms with E-state index in [4.69, 9.17) is 4.74 Å². The number of benzene rings is 1. The molecule has 0 amide bonds. The summed E-state index contributed by atoms with van der Waals surface area (Å²) in [4.78, 5) is 14.1. The maximum absolute atomic E-state index is 12.1. The van der Waals surface area contributed by atoms with E-state index in [0.29, 0.717) is 18.1 Å². The Labute approximate surface area is 136 Å². The lowest BCUT2D eigenvalue weighted by molar-refractivity contribution is 0.0428. The van der Waals surface area contributed by atoms with Gasteiger partial charge in [0, 0.05) is 18.6 Å². The zero-order valence-electron chi connectivity index (χ0n) is 13.5. The Bertz CT molecular complexity index is 460. The number of unbranched alkanes of at least 4 members (excludes halogenated alkanes) is 1. The highest BCUT2D eigenvalue weighted by Crippen LogP contribution is 2.26. The van der Waals surface area contributed by atoms with E-state index in [1.807, 2.05) is 37.2 Å². The third-order valence-corrected chi connectivity index (χ3v) is 4.29. The summed E-state index contributed by atoms with van der Waals surface area (Å²) in [5.41, 5.74) is 1.64. The van der Waals surface area contributed by atoms with Crippen LogP contribution in [0.3, 0.4) is 0 Å². The van der Waals surface area contributed by atoms with Gasteiger partial charge in [0.15, 0.2) is 0 Å². The quantitative estimate of drug-likeness (QED) is 0.621. The molecule has 118 valence electrons. The molecule has 0 fully saturated rings. The molecule has 1 aromatic carbocycles. The highest BCUT2D eigenvalue weighted by molar-refractivity contribution is 9.10. The Morgan fingerprint density at radius 1 is 1.33 bits per heavy atom. The second-order valence-electron chi connectivity index (χ2n) is 5.58. The molecule has 0 aliphatic heterocycles. The van der Waals surface area contributed by atoms with Crippen molar-refractivity contribution in [2.75, 3.05) is 25.6 Å². The van der Waals surface area contributed by atoms with Crippen molar-refractivity contribution in [2.45, 2.75) is 39.5 Å². The first-order valence-corrected chi connectivity index (χ1v) is 8.42. The number of ether oxygens (including phenoxy) is 1. The molecular formula is C17H26BrNO2. The van der Waals surface area contributed by atoms with Gasteiger partial charge < -0.3 is 9.64 Å². The number of esters is 1. The van der Waals surface area contributed by atoms with Crippen molar-refractivity contribution in [2.24, 2.45) is 5.92 Å². The molecule has 0 aromatic heterocycles. The van der Waals surface area contributed by atoms with Crippen LogP contribution in [0, 0.1) is 5.92 Å². The molecule has 21 heavy (non-hydrogen) atoms. The van der Waals surface area contributed by atoms with E-state index in [-0.39, 0.29) is 5.97 Å². The number of carbonyl (C=O) groups is 1. The molecular weight excluding hydrogens is 330 g/mol. The average Bonchev–Trinajstić information content (AvgIpc) is 2.46. The summed E-state index contributed by atoms with van der Waals surface area (Å²) in [5, 5.41) is 0. The van der Waals surface area contributed by atoms with Gasteiger partial charge in [0.05, 0.1) is 17.9 Å². The molecule has 0 aliphatic carbocycles. The zero-order chi connectivity index (χ0) is 15.8. The summed E-state index contributed by atoms with van der Waals surface area (Å²) in [7, 11) is 3.94. The molecule has 1 unspecified atom stereocenters.